The van der Waals surface area contributed by atoms with Gasteiger partial charge in [-0.15, -0.1) is 11.3 Å². The van der Waals surface area contributed by atoms with E-state index in [1.165, 1.54) is 11.3 Å². The lowest BCUT2D eigenvalue weighted by Crippen LogP contribution is -2.23. The van der Waals surface area contributed by atoms with Gasteiger partial charge in [0.15, 0.2) is 11.5 Å². The number of fused-ring (bicyclic) bond motifs is 1. The summed E-state index contributed by atoms with van der Waals surface area (Å²) in [5, 5.41) is 4.40. The van der Waals surface area contributed by atoms with E-state index in [0.29, 0.717) is 23.8 Å². The molecule has 166 valence electrons. The fourth-order valence-electron chi connectivity index (χ4n) is 3.69. The predicted molar refractivity (Wildman–Crippen MR) is 125 cm³/mol. The lowest BCUT2D eigenvalue weighted by Gasteiger charge is -2.24. The van der Waals surface area contributed by atoms with Gasteiger partial charge < -0.3 is 14.8 Å². The van der Waals surface area contributed by atoms with E-state index >= 15 is 0 Å². The Labute approximate surface area is 191 Å². The Morgan fingerprint density at radius 2 is 1.94 bits per heavy atom. The Bertz CT molecular complexity index is 1280. The molecular formula is C24H23NO5S2. The van der Waals surface area contributed by atoms with Crippen LogP contribution in [0.3, 0.4) is 0 Å². The number of thiophene rings is 1. The average Bonchev–Trinajstić information content (AvgIpc) is 3.21. The minimum absolute atomic E-state index is 0.121. The van der Waals surface area contributed by atoms with Gasteiger partial charge in [0.2, 0.25) is 15.7 Å². The molecule has 0 bridgehead atoms. The van der Waals surface area contributed by atoms with Crippen LogP contribution in [0, 0.1) is 6.92 Å². The van der Waals surface area contributed by atoms with E-state index in [1.54, 1.807) is 48.9 Å². The molecule has 8 heteroatoms. The summed E-state index contributed by atoms with van der Waals surface area (Å²) in [6, 6.07) is 12.2. The van der Waals surface area contributed by atoms with Crippen LogP contribution in [0.4, 0.5) is 5.69 Å². The molecule has 3 aromatic rings. The van der Waals surface area contributed by atoms with Crippen molar-refractivity contribution in [2.75, 3.05) is 19.0 Å². The number of carbonyl (C=O) groups excluding carboxylic acids is 1. The SMILES string of the molecule is C=CCOc1cc([C@@H]2CC(=O)Nc3c(S(=O)(=O)c4ccc(C)cc4)csc32)ccc1OC. The van der Waals surface area contributed by atoms with E-state index in [0.717, 1.165) is 16.0 Å². The van der Waals surface area contributed by atoms with Gasteiger partial charge in [-0.05, 0) is 36.8 Å². The van der Waals surface area contributed by atoms with Crippen LogP contribution in [0.25, 0.3) is 0 Å². The monoisotopic (exact) mass is 469 g/mol. The summed E-state index contributed by atoms with van der Waals surface area (Å²) < 4.78 is 37.7. The van der Waals surface area contributed by atoms with Crippen molar-refractivity contribution >= 4 is 32.8 Å². The van der Waals surface area contributed by atoms with Crippen molar-refractivity contribution in [1.82, 2.24) is 0 Å². The van der Waals surface area contributed by atoms with Gasteiger partial charge in [0.05, 0.1) is 17.7 Å². The fourth-order valence-corrected chi connectivity index (χ4v) is 6.60. The van der Waals surface area contributed by atoms with E-state index in [9.17, 15) is 13.2 Å². The second-order valence-corrected chi connectivity index (χ2v) is 10.3. The first-order valence-electron chi connectivity index (χ1n) is 9.99. The van der Waals surface area contributed by atoms with E-state index in [4.69, 9.17) is 9.47 Å². The number of benzene rings is 2. The number of aryl methyl sites for hydroxylation is 1. The lowest BCUT2D eigenvalue weighted by atomic mass is 9.90. The highest BCUT2D eigenvalue weighted by Gasteiger charge is 2.34. The smallest absolute Gasteiger partial charge is 0.225 e. The van der Waals surface area contributed by atoms with Crippen molar-refractivity contribution in [1.29, 1.82) is 0 Å². The van der Waals surface area contributed by atoms with Crippen LogP contribution in [-0.2, 0) is 14.6 Å². The number of ether oxygens (including phenoxy) is 2. The third-order valence-electron chi connectivity index (χ3n) is 5.32. The Morgan fingerprint density at radius 3 is 2.62 bits per heavy atom. The maximum absolute atomic E-state index is 13.3. The molecule has 1 atom stereocenters. The standard InChI is InChI=1S/C24H23NO5S2/c1-4-11-30-20-12-16(7-10-19(20)29-3)18-13-22(26)25-23-21(14-31-24(18)23)32(27,28)17-8-5-15(2)6-9-17/h4-10,12,14,18H,1,11,13H2,2-3H3,(H,25,26)/t18-/m0/s1. The summed E-state index contributed by atoms with van der Waals surface area (Å²) in [6.07, 6.45) is 1.85. The van der Waals surface area contributed by atoms with E-state index in [-0.39, 0.29) is 28.0 Å². The zero-order valence-electron chi connectivity index (χ0n) is 17.8. The molecule has 0 unspecified atom stereocenters. The first-order valence-corrected chi connectivity index (χ1v) is 12.4. The molecule has 32 heavy (non-hydrogen) atoms. The number of rotatable bonds is 7. The molecule has 0 spiro atoms. The second-order valence-electron chi connectivity index (χ2n) is 7.47. The molecule has 1 aliphatic heterocycles. The van der Waals surface area contributed by atoms with Crippen LogP contribution in [0.5, 0.6) is 11.5 Å². The Morgan fingerprint density at radius 1 is 1.19 bits per heavy atom. The van der Waals surface area contributed by atoms with E-state index < -0.39 is 9.84 Å². The van der Waals surface area contributed by atoms with Crippen LogP contribution in [0.1, 0.15) is 28.3 Å². The Kier molecular flexibility index (Phi) is 6.08. The molecule has 2 aromatic carbocycles. The predicted octanol–water partition coefficient (Wildman–Crippen LogP) is 4.94. The van der Waals surface area contributed by atoms with Crippen LogP contribution < -0.4 is 14.8 Å². The van der Waals surface area contributed by atoms with Gasteiger partial charge in [-0.2, -0.15) is 0 Å². The fraction of sp³-hybridized carbons (Fsp3) is 0.208. The van der Waals surface area contributed by atoms with Gasteiger partial charge in [-0.25, -0.2) is 8.42 Å². The molecule has 0 fully saturated rings. The molecule has 1 amide bonds. The molecule has 0 saturated heterocycles. The highest BCUT2D eigenvalue weighted by atomic mass is 32.2. The zero-order valence-corrected chi connectivity index (χ0v) is 19.4. The number of nitrogens with one attached hydrogen (secondary N) is 1. The molecule has 2 heterocycles. The maximum Gasteiger partial charge on any atom is 0.225 e. The minimum atomic E-state index is -3.77. The molecule has 6 nitrogen and oxygen atoms in total. The lowest BCUT2D eigenvalue weighted by molar-refractivity contribution is -0.116. The highest BCUT2D eigenvalue weighted by molar-refractivity contribution is 7.91. The molecule has 1 N–H and O–H groups in total. The Hall–Kier alpha value is -3.10. The maximum atomic E-state index is 13.3. The third kappa shape index (κ3) is 4.03. The van der Waals surface area contributed by atoms with Crippen molar-refractivity contribution in [3.63, 3.8) is 0 Å². The van der Waals surface area contributed by atoms with Crippen molar-refractivity contribution in [3.8, 4) is 11.5 Å². The second kappa shape index (κ2) is 8.80. The summed E-state index contributed by atoms with van der Waals surface area (Å²) in [6.45, 7) is 5.88. The number of hydrogen-bond donors (Lipinski definition) is 1. The van der Waals surface area contributed by atoms with Crippen LogP contribution in [-0.4, -0.2) is 28.0 Å². The summed E-state index contributed by atoms with van der Waals surface area (Å²) >= 11 is 1.33. The number of sulfone groups is 1. The summed E-state index contributed by atoms with van der Waals surface area (Å²) in [5.74, 6) is 0.597. The van der Waals surface area contributed by atoms with Gasteiger partial charge in [-0.3, -0.25) is 4.79 Å². The average molecular weight is 470 g/mol. The van der Waals surface area contributed by atoms with E-state index in [1.807, 2.05) is 19.1 Å². The highest BCUT2D eigenvalue weighted by Crippen LogP contribution is 2.47. The number of amides is 1. The molecule has 0 aliphatic carbocycles. The van der Waals surface area contributed by atoms with Crippen molar-refractivity contribution in [2.45, 2.75) is 29.1 Å². The summed E-state index contributed by atoms with van der Waals surface area (Å²) in [4.78, 5) is 13.7. The normalized spacial score (nSPS) is 15.6. The van der Waals surface area contributed by atoms with Gasteiger partial charge in [0.25, 0.3) is 0 Å². The molecule has 0 saturated carbocycles. The van der Waals surface area contributed by atoms with Crippen molar-refractivity contribution < 1.29 is 22.7 Å². The number of carbonyl (C=O) groups is 1. The molecule has 1 aromatic heterocycles. The van der Waals surface area contributed by atoms with Crippen molar-refractivity contribution in [2.24, 2.45) is 0 Å². The molecular weight excluding hydrogens is 446 g/mol. The topological polar surface area (TPSA) is 81.7 Å². The number of hydrogen-bond acceptors (Lipinski definition) is 6. The van der Waals surface area contributed by atoms with Gasteiger partial charge in [-0.1, -0.05) is 36.4 Å². The van der Waals surface area contributed by atoms with Crippen molar-refractivity contribution in [3.05, 3.63) is 76.5 Å². The van der Waals surface area contributed by atoms with Crippen LogP contribution >= 0.6 is 11.3 Å². The van der Waals surface area contributed by atoms with Gasteiger partial charge >= 0.3 is 0 Å². The van der Waals surface area contributed by atoms with Crippen LogP contribution in [0.2, 0.25) is 0 Å². The molecule has 1 aliphatic rings. The zero-order chi connectivity index (χ0) is 22.9. The Balaban J connectivity index is 1.77. The number of anilines is 1. The summed E-state index contributed by atoms with van der Waals surface area (Å²) in [7, 11) is -2.21. The van der Waals surface area contributed by atoms with Crippen LogP contribution in [0.15, 0.2) is 70.3 Å². The first kappa shape index (κ1) is 22.1. The van der Waals surface area contributed by atoms with E-state index in [2.05, 4.69) is 11.9 Å². The van der Waals surface area contributed by atoms with Gasteiger partial charge in [0, 0.05) is 22.6 Å². The first-order chi connectivity index (χ1) is 15.3. The quantitative estimate of drug-likeness (QED) is 0.496. The molecule has 0 radical (unpaired) electrons. The summed E-state index contributed by atoms with van der Waals surface area (Å²) in [5.41, 5.74) is 2.18. The third-order valence-corrected chi connectivity index (χ3v) is 8.36. The molecule has 4 rings (SSSR count). The number of methoxy groups -OCH3 is 1. The largest absolute Gasteiger partial charge is 0.493 e. The minimum Gasteiger partial charge on any atom is -0.493 e. The van der Waals surface area contributed by atoms with Gasteiger partial charge in [0.1, 0.15) is 11.5 Å².